The maximum atomic E-state index is 9.87. The Morgan fingerprint density at radius 2 is 1.94 bits per heavy atom. The summed E-state index contributed by atoms with van der Waals surface area (Å²) in [6.45, 7) is 0. The molecule has 0 aliphatic heterocycles. The number of rotatable bonds is 1. The second kappa shape index (κ2) is 4.03. The lowest BCUT2D eigenvalue weighted by Crippen LogP contribution is -1.80. The van der Waals surface area contributed by atoms with Gasteiger partial charge in [0.15, 0.2) is 5.58 Å². The van der Waals surface area contributed by atoms with Crippen molar-refractivity contribution in [3.05, 3.63) is 46.0 Å². The van der Waals surface area contributed by atoms with Gasteiger partial charge in [0.2, 0.25) is 5.89 Å². The summed E-state index contributed by atoms with van der Waals surface area (Å²) in [5, 5.41) is 9.87. The first kappa shape index (κ1) is 10.6. The monoisotopic (exact) mass is 337 g/mol. The zero-order chi connectivity index (χ0) is 11.8. The van der Waals surface area contributed by atoms with Crippen molar-refractivity contribution in [2.45, 2.75) is 0 Å². The molecule has 4 heteroatoms. The first-order valence-electron chi connectivity index (χ1n) is 5.08. The molecule has 0 radical (unpaired) electrons. The van der Waals surface area contributed by atoms with Gasteiger partial charge < -0.3 is 9.52 Å². The standard InChI is InChI=1S/C13H8INO2/c14-8-5-6-9(11(16)7-8)13-15-10-3-1-2-4-12(10)17-13/h1-7,16H. The molecular weight excluding hydrogens is 329 g/mol. The van der Waals surface area contributed by atoms with Crippen LogP contribution in [-0.2, 0) is 0 Å². The van der Waals surface area contributed by atoms with Gasteiger partial charge in [-0.25, -0.2) is 4.98 Å². The second-order valence-corrected chi connectivity index (χ2v) is 4.89. The Balaban J connectivity index is 2.20. The summed E-state index contributed by atoms with van der Waals surface area (Å²) in [5.41, 5.74) is 2.13. The quantitative estimate of drug-likeness (QED) is 0.687. The third kappa shape index (κ3) is 1.88. The van der Waals surface area contributed by atoms with Crippen LogP contribution < -0.4 is 0 Å². The fourth-order valence-corrected chi connectivity index (χ4v) is 2.15. The molecule has 3 nitrogen and oxygen atoms in total. The van der Waals surface area contributed by atoms with Crippen LogP contribution in [-0.4, -0.2) is 10.1 Å². The molecule has 0 saturated carbocycles. The van der Waals surface area contributed by atoms with Crippen LogP contribution in [0.4, 0.5) is 0 Å². The number of hydrogen-bond acceptors (Lipinski definition) is 3. The van der Waals surface area contributed by atoms with Crippen LogP contribution in [0.25, 0.3) is 22.6 Å². The van der Waals surface area contributed by atoms with Gasteiger partial charge in [-0.15, -0.1) is 0 Å². The number of halogens is 1. The number of phenols is 1. The number of fused-ring (bicyclic) bond motifs is 1. The lowest BCUT2D eigenvalue weighted by Gasteiger charge is -1.99. The van der Waals surface area contributed by atoms with Crippen LogP contribution >= 0.6 is 22.6 Å². The van der Waals surface area contributed by atoms with E-state index >= 15 is 0 Å². The topological polar surface area (TPSA) is 46.3 Å². The van der Waals surface area contributed by atoms with Crippen LogP contribution in [0.15, 0.2) is 46.9 Å². The summed E-state index contributed by atoms with van der Waals surface area (Å²) in [7, 11) is 0. The molecule has 0 saturated heterocycles. The highest BCUT2D eigenvalue weighted by molar-refractivity contribution is 14.1. The summed E-state index contributed by atoms with van der Waals surface area (Å²) in [6.07, 6.45) is 0. The largest absolute Gasteiger partial charge is 0.507 e. The first-order chi connectivity index (χ1) is 8.24. The molecule has 0 amide bonds. The van der Waals surface area contributed by atoms with E-state index in [-0.39, 0.29) is 5.75 Å². The van der Waals surface area contributed by atoms with Crippen molar-refractivity contribution in [3.8, 4) is 17.2 Å². The van der Waals surface area contributed by atoms with E-state index in [4.69, 9.17) is 4.42 Å². The molecule has 0 aliphatic rings. The molecule has 2 aromatic carbocycles. The van der Waals surface area contributed by atoms with Crippen molar-refractivity contribution in [2.24, 2.45) is 0 Å². The third-order valence-corrected chi connectivity index (χ3v) is 3.16. The third-order valence-electron chi connectivity index (χ3n) is 2.48. The molecule has 0 spiro atoms. The van der Waals surface area contributed by atoms with Crippen molar-refractivity contribution < 1.29 is 9.52 Å². The molecule has 1 N–H and O–H groups in total. The van der Waals surface area contributed by atoms with Crippen LogP contribution in [0, 0.1) is 3.57 Å². The Morgan fingerprint density at radius 3 is 2.71 bits per heavy atom. The maximum Gasteiger partial charge on any atom is 0.231 e. The molecule has 0 aliphatic carbocycles. The Hall–Kier alpha value is -1.56. The van der Waals surface area contributed by atoms with Crippen molar-refractivity contribution >= 4 is 33.7 Å². The molecular formula is C13H8INO2. The zero-order valence-corrected chi connectivity index (χ0v) is 10.9. The number of aromatic hydroxyl groups is 1. The lowest BCUT2D eigenvalue weighted by atomic mass is 10.2. The maximum absolute atomic E-state index is 9.87. The van der Waals surface area contributed by atoms with E-state index in [0.29, 0.717) is 11.5 Å². The summed E-state index contributed by atoms with van der Waals surface area (Å²) >= 11 is 2.14. The lowest BCUT2D eigenvalue weighted by molar-refractivity contribution is 0.473. The fourth-order valence-electron chi connectivity index (χ4n) is 1.67. The first-order valence-corrected chi connectivity index (χ1v) is 6.16. The normalized spacial score (nSPS) is 10.9. The highest BCUT2D eigenvalue weighted by Crippen LogP contribution is 2.31. The van der Waals surface area contributed by atoms with Crippen molar-refractivity contribution in [3.63, 3.8) is 0 Å². The predicted molar refractivity (Wildman–Crippen MR) is 73.8 cm³/mol. The number of phenolic OH excluding ortho intramolecular Hbond substituents is 1. The zero-order valence-electron chi connectivity index (χ0n) is 8.72. The molecule has 0 bridgehead atoms. The summed E-state index contributed by atoms with van der Waals surface area (Å²) < 4.78 is 6.57. The summed E-state index contributed by atoms with van der Waals surface area (Å²) in [6, 6.07) is 12.9. The molecule has 1 heterocycles. The van der Waals surface area contributed by atoms with Gasteiger partial charge in [-0.3, -0.25) is 0 Å². The highest BCUT2D eigenvalue weighted by Gasteiger charge is 2.11. The number of hydrogen-bond donors (Lipinski definition) is 1. The number of nitrogens with zero attached hydrogens (tertiary/aromatic N) is 1. The molecule has 0 unspecified atom stereocenters. The van der Waals surface area contributed by atoms with E-state index in [1.165, 1.54) is 0 Å². The number of aromatic nitrogens is 1. The second-order valence-electron chi connectivity index (χ2n) is 3.65. The van der Waals surface area contributed by atoms with E-state index in [2.05, 4.69) is 27.6 Å². The molecule has 3 aromatic rings. The van der Waals surface area contributed by atoms with Crippen molar-refractivity contribution in [1.29, 1.82) is 0 Å². The van der Waals surface area contributed by atoms with Gasteiger partial charge in [-0.1, -0.05) is 12.1 Å². The van der Waals surface area contributed by atoms with Crippen LogP contribution in [0.5, 0.6) is 5.75 Å². The van der Waals surface area contributed by atoms with Gasteiger partial charge in [0.05, 0.1) is 5.56 Å². The Morgan fingerprint density at radius 1 is 1.12 bits per heavy atom. The van der Waals surface area contributed by atoms with Gasteiger partial charge in [0, 0.05) is 3.57 Å². The smallest absolute Gasteiger partial charge is 0.231 e. The molecule has 0 fully saturated rings. The Labute approximate surface area is 111 Å². The minimum absolute atomic E-state index is 0.184. The SMILES string of the molecule is Oc1cc(I)ccc1-c1nc2ccccc2o1. The summed E-state index contributed by atoms with van der Waals surface area (Å²) in [5.74, 6) is 0.628. The van der Waals surface area contributed by atoms with Gasteiger partial charge in [0.25, 0.3) is 0 Å². The van der Waals surface area contributed by atoms with Crippen molar-refractivity contribution in [1.82, 2.24) is 4.98 Å². The minimum atomic E-state index is 0.184. The van der Waals surface area contributed by atoms with Gasteiger partial charge in [-0.2, -0.15) is 0 Å². The molecule has 84 valence electrons. The summed E-state index contributed by atoms with van der Waals surface area (Å²) in [4.78, 5) is 4.34. The Kier molecular flexibility index (Phi) is 2.51. The molecule has 3 rings (SSSR count). The van der Waals surface area contributed by atoms with E-state index in [1.807, 2.05) is 36.4 Å². The van der Waals surface area contributed by atoms with Crippen LogP contribution in [0.2, 0.25) is 0 Å². The number of benzene rings is 2. The van der Waals surface area contributed by atoms with Crippen molar-refractivity contribution in [2.75, 3.05) is 0 Å². The van der Waals surface area contributed by atoms with Crippen LogP contribution in [0.1, 0.15) is 0 Å². The fraction of sp³-hybridized carbons (Fsp3) is 0. The van der Waals surface area contributed by atoms with E-state index in [9.17, 15) is 5.11 Å². The van der Waals surface area contributed by atoms with Gasteiger partial charge >= 0.3 is 0 Å². The molecule has 1 aromatic heterocycles. The van der Waals surface area contributed by atoms with Gasteiger partial charge in [0.1, 0.15) is 11.3 Å². The van der Waals surface area contributed by atoms with E-state index in [0.717, 1.165) is 14.7 Å². The predicted octanol–water partition coefficient (Wildman–Crippen LogP) is 3.81. The minimum Gasteiger partial charge on any atom is -0.507 e. The van der Waals surface area contributed by atoms with Crippen LogP contribution in [0.3, 0.4) is 0 Å². The average molecular weight is 337 g/mol. The average Bonchev–Trinajstić information content (AvgIpc) is 2.72. The van der Waals surface area contributed by atoms with Gasteiger partial charge in [-0.05, 0) is 52.9 Å². The van der Waals surface area contributed by atoms with E-state index < -0.39 is 0 Å². The molecule has 17 heavy (non-hydrogen) atoms. The number of oxazole rings is 1. The van der Waals surface area contributed by atoms with E-state index in [1.54, 1.807) is 6.07 Å². The molecule has 0 atom stereocenters. The Bertz CT molecular complexity index is 658. The number of para-hydroxylation sites is 2. The highest BCUT2D eigenvalue weighted by atomic mass is 127.